The van der Waals surface area contributed by atoms with Crippen molar-refractivity contribution in [2.24, 2.45) is 4.99 Å². The van der Waals surface area contributed by atoms with Crippen LogP contribution in [-0.2, 0) is 9.47 Å². The van der Waals surface area contributed by atoms with Gasteiger partial charge in [0.15, 0.2) is 5.96 Å². The van der Waals surface area contributed by atoms with Gasteiger partial charge in [0.05, 0.1) is 12.7 Å². The minimum atomic E-state index is -0.215. The lowest BCUT2D eigenvalue weighted by Crippen LogP contribution is -2.50. The second-order valence-electron chi connectivity index (χ2n) is 6.88. The van der Waals surface area contributed by atoms with E-state index in [1.807, 2.05) is 25.1 Å². The van der Waals surface area contributed by atoms with Gasteiger partial charge in [-0.1, -0.05) is 30.3 Å². The minimum absolute atomic E-state index is 0. The molecule has 164 valence electrons. The number of rotatable bonds is 8. The number of nitrogens with one attached hydrogen (secondary N) is 2. The molecule has 0 aromatic heterocycles. The zero-order chi connectivity index (χ0) is 20.2. The van der Waals surface area contributed by atoms with Gasteiger partial charge >= 0.3 is 6.09 Å². The molecule has 0 radical (unpaired) electrons. The molecule has 0 bridgehead atoms. The van der Waals surface area contributed by atoms with Gasteiger partial charge in [0.2, 0.25) is 0 Å². The third kappa shape index (κ3) is 9.20. The minimum Gasteiger partial charge on any atom is -0.450 e. The second kappa shape index (κ2) is 14.4. The summed E-state index contributed by atoms with van der Waals surface area (Å²) in [7, 11) is 1.77. The first-order valence-electron chi connectivity index (χ1n) is 10.2. The molecule has 1 aromatic carbocycles. The third-order valence-corrected chi connectivity index (χ3v) is 4.84. The third-order valence-electron chi connectivity index (χ3n) is 4.84. The van der Waals surface area contributed by atoms with E-state index in [-0.39, 0.29) is 36.2 Å². The van der Waals surface area contributed by atoms with Crippen LogP contribution >= 0.6 is 24.0 Å². The average Bonchev–Trinajstić information content (AvgIpc) is 2.73. The van der Waals surface area contributed by atoms with Crippen LogP contribution in [0, 0.1) is 0 Å². The van der Waals surface area contributed by atoms with Crippen LogP contribution in [0.15, 0.2) is 35.3 Å². The lowest BCUT2D eigenvalue weighted by Gasteiger charge is -2.32. The number of guanidine groups is 1. The Hall–Kier alpha value is -1.55. The number of benzene rings is 1. The Morgan fingerprint density at radius 3 is 2.59 bits per heavy atom. The summed E-state index contributed by atoms with van der Waals surface area (Å²) < 4.78 is 11.0. The first kappa shape index (κ1) is 25.5. The van der Waals surface area contributed by atoms with Crippen molar-refractivity contribution in [3.63, 3.8) is 0 Å². The van der Waals surface area contributed by atoms with E-state index in [0.717, 1.165) is 31.8 Å². The van der Waals surface area contributed by atoms with Crippen molar-refractivity contribution in [1.29, 1.82) is 0 Å². The maximum Gasteiger partial charge on any atom is 0.409 e. The summed E-state index contributed by atoms with van der Waals surface area (Å²) in [6.07, 6.45) is 2.56. The molecular weight excluding hydrogens is 483 g/mol. The van der Waals surface area contributed by atoms with E-state index < -0.39 is 0 Å². The number of nitrogens with zero attached hydrogens (tertiary/aromatic N) is 2. The van der Waals surface area contributed by atoms with E-state index in [1.165, 1.54) is 5.56 Å². The summed E-state index contributed by atoms with van der Waals surface area (Å²) in [5.41, 5.74) is 1.20. The monoisotopic (exact) mass is 518 g/mol. The molecule has 0 spiro atoms. The van der Waals surface area contributed by atoms with E-state index in [1.54, 1.807) is 11.9 Å². The molecule has 1 amide bonds. The zero-order valence-electron chi connectivity index (χ0n) is 17.7. The van der Waals surface area contributed by atoms with Crippen LogP contribution in [0.3, 0.4) is 0 Å². The standard InChI is InChI=1S/C21H34N4O3.HI/c1-4-27-21(26)25-14-11-19(12-15-25)24-20(22-3)23-13-8-16-28-17(2)18-9-6-5-7-10-18;/h5-7,9-10,17,19H,4,8,11-16H2,1-3H3,(H2,22,23,24);1H. The van der Waals surface area contributed by atoms with Gasteiger partial charge in [0, 0.05) is 39.3 Å². The number of amides is 1. The molecule has 8 heteroatoms. The molecule has 2 rings (SSSR count). The maximum absolute atomic E-state index is 11.8. The van der Waals surface area contributed by atoms with Crippen molar-refractivity contribution >= 4 is 36.0 Å². The van der Waals surface area contributed by atoms with E-state index in [2.05, 4.69) is 34.7 Å². The molecule has 1 unspecified atom stereocenters. The Kier molecular flexibility index (Phi) is 12.7. The number of hydrogen-bond acceptors (Lipinski definition) is 4. The highest BCUT2D eigenvalue weighted by Gasteiger charge is 2.23. The molecule has 1 atom stereocenters. The molecule has 7 nitrogen and oxygen atoms in total. The number of likely N-dealkylation sites (tertiary alicyclic amines) is 1. The van der Waals surface area contributed by atoms with Gasteiger partial charge in [-0.3, -0.25) is 4.99 Å². The van der Waals surface area contributed by atoms with Gasteiger partial charge in [-0.25, -0.2) is 4.79 Å². The Morgan fingerprint density at radius 2 is 1.97 bits per heavy atom. The van der Waals surface area contributed by atoms with Crippen molar-refractivity contribution in [1.82, 2.24) is 15.5 Å². The van der Waals surface area contributed by atoms with Crippen molar-refractivity contribution < 1.29 is 14.3 Å². The molecule has 29 heavy (non-hydrogen) atoms. The van der Waals surface area contributed by atoms with Gasteiger partial charge < -0.3 is 25.0 Å². The Morgan fingerprint density at radius 1 is 1.28 bits per heavy atom. The van der Waals surface area contributed by atoms with Crippen LogP contribution in [0.5, 0.6) is 0 Å². The molecule has 0 aliphatic carbocycles. The van der Waals surface area contributed by atoms with Crippen molar-refractivity contribution in [2.75, 3.05) is 39.9 Å². The molecule has 1 heterocycles. The van der Waals surface area contributed by atoms with Crippen molar-refractivity contribution in [3.8, 4) is 0 Å². The van der Waals surface area contributed by atoms with Crippen molar-refractivity contribution in [3.05, 3.63) is 35.9 Å². The number of piperidine rings is 1. The van der Waals surface area contributed by atoms with Crippen LogP contribution in [0.4, 0.5) is 4.79 Å². The quantitative estimate of drug-likeness (QED) is 0.238. The lowest BCUT2D eigenvalue weighted by molar-refractivity contribution is 0.0646. The van der Waals surface area contributed by atoms with Crippen LogP contribution in [0.2, 0.25) is 0 Å². The fraction of sp³-hybridized carbons (Fsp3) is 0.619. The smallest absolute Gasteiger partial charge is 0.409 e. The number of carbonyl (C=O) groups excluding carboxylic acids is 1. The highest BCUT2D eigenvalue weighted by atomic mass is 127. The van der Waals surface area contributed by atoms with Crippen molar-refractivity contribution in [2.45, 2.75) is 45.3 Å². The second-order valence-corrected chi connectivity index (χ2v) is 6.88. The first-order chi connectivity index (χ1) is 13.6. The highest BCUT2D eigenvalue weighted by molar-refractivity contribution is 14.0. The predicted octanol–water partition coefficient (Wildman–Crippen LogP) is 3.56. The summed E-state index contributed by atoms with van der Waals surface area (Å²) >= 11 is 0. The fourth-order valence-corrected chi connectivity index (χ4v) is 3.17. The Labute approximate surface area is 191 Å². The normalized spacial score (nSPS) is 16.0. The number of ether oxygens (including phenoxy) is 2. The first-order valence-corrected chi connectivity index (χ1v) is 10.2. The van der Waals surface area contributed by atoms with E-state index >= 15 is 0 Å². The lowest BCUT2D eigenvalue weighted by atomic mass is 10.1. The van der Waals surface area contributed by atoms with Gasteiger partial charge in [-0.2, -0.15) is 0 Å². The number of halogens is 1. The molecule has 1 aliphatic rings. The number of aliphatic imine (C=N–C) groups is 1. The summed E-state index contributed by atoms with van der Waals surface area (Å²) in [4.78, 5) is 17.8. The number of hydrogen-bond donors (Lipinski definition) is 2. The zero-order valence-corrected chi connectivity index (χ0v) is 20.1. The summed E-state index contributed by atoms with van der Waals surface area (Å²) in [6, 6.07) is 10.6. The van der Waals surface area contributed by atoms with Gasteiger partial charge in [-0.15, -0.1) is 24.0 Å². The van der Waals surface area contributed by atoms with Crippen LogP contribution in [-0.4, -0.2) is 62.9 Å². The van der Waals surface area contributed by atoms with E-state index in [0.29, 0.717) is 32.3 Å². The molecule has 1 aromatic rings. The van der Waals surface area contributed by atoms with Crippen LogP contribution < -0.4 is 10.6 Å². The van der Waals surface area contributed by atoms with E-state index in [4.69, 9.17) is 9.47 Å². The molecule has 1 aliphatic heterocycles. The Bertz CT molecular complexity index is 607. The molecule has 2 N–H and O–H groups in total. The topological polar surface area (TPSA) is 75.2 Å². The number of carbonyl (C=O) groups is 1. The van der Waals surface area contributed by atoms with Gasteiger partial charge in [0.25, 0.3) is 0 Å². The van der Waals surface area contributed by atoms with Gasteiger partial charge in [0.1, 0.15) is 0 Å². The summed E-state index contributed by atoms with van der Waals surface area (Å²) in [5, 5.41) is 6.78. The average molecular weight is 518 g/mol. The predicted molar refractivity (Wildman–Crippen MR) is 127 cm³/mol. The van der Waals surface area contributed by atoms with Crippen LogP contribution in [0.1, 0.15) is 44.8 Å². The summed E-state index contributed by atoms with van der Waals surface area (Å²) in [5.74, 6) is 0.797. The highest BCUT2D eigenvalue weighted by Crippen LogP contribution is 2.15. The maximum atomic E-state index is 11.8. The van der Waals surface area contributed by atoms with E-state index in [9.17, 15) is 4.79 Å². The summed E-state index contributed by atoms with van der Waals surface area (Å²) in [6.45, 7) is 7.22. The fourth-order valence-electron chi connectivity index (χ4n) is 3.17. The van der Waals surface area contributed by atoms with Crippen LogP contribution in [0.25, 0.3) is 0 Å². The molecule has 1 fully saturated rings. The van der Waals surface area contributed by atoms with Gasteiger partial charge in [-0.05, 0) is 38.7 Å². The molecular formula is C21H35IN4O3. The largest absolute Gasteiger partial charge is 0.450 e. The SMILES string of the molecule is CCOC(=O)N1CCC(NC(=NC)NCCCOC(C)c2ccccc2)CC1.I. The Balaban J connectivity index is 0.00000420. The molecule has 0 saturated carbocycles. The molecule has 1 saturated heterocycles.